The molecule has 1 aromatic heterocycles. The maximum atomic E-state index is 12.1. The fraction of sp³-hybridized carbons (Fsp3) is 0.100. The predicted molar refractivity (Wildman–Crippen MR) is 101 cm³/mol. The smallest absolute Gasteiger partial charge is 0.412 e. The van der Waals surface area contributed by atoms with Crippen LogP contribution in [0.3, 0.4) is 0 Å². The normalized spacial score (nSPS) is 10.2. The molecule has 0 saturated heterocycles. The summed E-state index contributed by atoms with van der Waals surface area (Å²) < 4.78 is 10.5. The SMILES string of the molecule is COc1ccc(Cl)cc1NC(=O)OCc1cccc(-c2cccnc2)c1. The lowest BCUT2D eigenvalue weighted by molar-refractivity contribution is 0.155. The van der Waals surface area contributed by atoms with E-state index >= 15 is 0 Å². The molecule has 2 aromatic carbocycles. The number of hydrogen-bond donors (Lipinski definition) is 1. The standard InChI is InChI=1S/C20H17ClN2O3/c1-25-19-8-7-17(21)11-18(19)23-20(24)26-13-14-4-2-5-15(10-14)16-6-3-9-22-12-16/h2-12H,13H2,1H3,(H,23,24). The van der Waals surface area contributed by atoms with Crippen LogP contribution in [0, 0.1) is 0 Å². The number of rotatable bonds is 5. The van der Waals surface area contributed by atoms with Crippen molar-refractivity contribution < 1.29 is 14.3 Å². The summed E-state index contributed by atoms with van der Waals surface area (Å²) in [5, 5.41) is 3.13. The predicted octanol–water partition coefficient (Wildman–Crippen LogP) is 5.16. The van der Waals surface area contributed by atoms with Gasteiger partial charge in [0, 0.05) is 17.4 Å². The fourth-order valence-corrected chi connectivity index (χ4v) is 2.62. The Morgan fingerprint density at radius 3 is 2.73 bits per heavy atom. The zero-order chi connectivity index (χ0) is 18.4. The van der Waals surface area contributed by atoms with Crippen LogP contribution in [0.25, 0.3) is 11.1 Å². The van der Waals surface area contributed by atoms with Crippen LogP contribution < -0.4 is 10.1 Å². The lowest BCUT2D eigenvalue weighted by Gasteiger charge is -2.11. The van der Waals surface area contributed by atoms with Crippen LogP contribution in [0.2, 0.25) is 5.02 Å². The molecule has 0 bridgehead atoms. The van der Waals surface area contributed by atoms with Gasteiger partial charge in [0.2, 0.25) is 0 Å². The minimum absolute atomic E-state index is 0.142. The largest absolute Gasteiger partial charge is 0.495 e. The quantitative estimate of drug-likeness (QED) is 0.675. The number of benzene rings is 2. The Kier molecular flexibility index (Phi) is 5.71. The first-order chi connectivity index (χ1) is 12.7. The molecule has 0 aliphatic heterocycles. The second-order valence-electron chi connectivity index (χ2n) is 5.49. The number of hydrogen-bond acceptors (Lipinski definition) is 4. The number of anilines is 1. The minimum atomic E-state index is -0.586. The Bertz CT molecular complexity index is 901. The Labute approximate surface area is 156 Å². The van der Waals surface area contributed by atoms with E-state index in [0.717, 1.165) is 16.7 Å². The van der Waals surface area contributed by atoms with Crippen molar-refractivity contribution in [3.8, 4) is 16.9 Å². The van der Waals surface area contributed by atoms with Gasteiger partial charge in [0.25, 0.3) is 0 Å². The molecule has 3 aromatic rings. The summed E-state index contributed by atoms with van der Waals surface area (Å²) in [6.45, 7) is 0.142. The summed E-state index contributed by atoms with van der Waals surface area (Å²) in [6, 6.07) is 16.6. The van der Waals surface area contributed by atoms with Gasteiger partial charge in [-0.2, -0.15) is 0 Å². The highest BCUT2D eigenvalue weighted by Gasteiger charge is 2.10. The molecule has 0 aliphatic rings. The van der Waals surface area contributed by atoms with Crippen molar-refractivity contribution in [2.45, 2.75) is 6.61 Å². The molecule has 1 heterocycles. The molecule has 0 spiro atoms. The van der Waals surface area contributed by atoms with Crippen LogP contribution in [0.5, 0.6) is 5.75 Å². The average Bonchev–Trinajstić information content (AvgIpc) is 2.67. The third kappa shape index (κ3) is 4.52. The van der Waals surface area contributed by atoms with Crippen LogP contribution >= 0.6 is 11.6 Å². The monoisotopic (exact) mass is 368 g/mol. The van der Waals surface area contributed by atoms with Gasteiger partial charge in [-0.05, 0) is 47.0 Å². The molecule has 0 unspecified atom stereocenters. The number of ether oxygens (including phenoxy) is 2. The molecule has 0 saturated carbocycles. The number of nitrogens with one attached hydrogen (secondary N) is 1. The highest BCUT2D eigenvalue weighted by atomic mass is 35.5. The zero-order valence-electron chi connectivity index (χ0n) is 14.1. The Morgan fingerprint density at radius 1 is 1.12 bits per heavy atom. The van der Waals surface area contributed by atoms with Crippen molar-refractivity contribution in [1.29, 1.82) is 0 Å². The van der Waals surface area contributed by atoms with E-state index in [9.17, 15) is 4.79 Å². The molecule has 0 aliphatic carbocycles. The number of carbonyl (C=O) groups is 1. The van der Waals surface area contributed by atoms with Gasteiger partial charge in [0.1, 0.15) is 12.4 Å². The lowest BCUT2D eigenvalue weighted by Crippen LogP contribution is -2.14. The summed E-state index contributed by atoms with van der Waals surface area (Å²) >= 11 is 5.95. The van der Waals surface area contributed by atoms with Crippen LogP contribution in [-0.2, 0) is 11.3 Å². The first-order valence-corrected chi connectivity index (χ1v) is 8.30. The zero-order valence-corrected chi connectivity index (χ0v) is 14.9. The van der Waals surface area contributed by atoms with E-state index in [2.05, 4.69) is 10.3 Å². The number of methoxy groups -OCH3 is 1. The van der Waals surface area contributed by atoms with Crippen molar-refractivity contribution in [3.63, 3.8) is 0 Å². The van der Waals surface area contributed by atoms with Gasteiger partial charge >= 0.3 is 6.09 Å². The maximum absolute atomic E-state index is 12.1. The van der Waals surface area contributed by atoms with Gasteiger partial charge in [-0.1, -0.05) is 35.9 Å². The number of nitrogens with zero attached hydrogens (tertiary/aromatic N) is 1. The Hall–Kier alpha value is -3.05. The number of halogens is 1. The van der Waals surface area contributed by atoms with Crippen LogP contribution in [0.4, 0.5) is 10.5 Å². The fourth-order valence-electron chi connectivity index (χ4n) is 2.45. The average molecular weight is 369 g/mol. The molecule has 6 heteroatoms. The highest BCUT2D eigenvalue weighted by Crippen LogP contribution is 2.28. The van der Waals surface area contributed by atoms with E-state index in [1.807, 2.05) is 36.4 Å². The number of carbonyl (C=O) groups excluding carboxylic acids is 1. The molecule has 132 valence electrons. The van der Waals surface area contributed by atoms with Crippen LogP contribution in [0.15, 0.2) is 67.0 Å². The minimum Gasteiger partial charge on any atom is -0.495 e. The second-order valence-corrected chi connectivity index (χ2v) is 5.92. The summed E-state index contributed by atoms with van der Waals surface area (Å²) in [5.41, 5.74) is 3.34. The van der Waals surface area contributed by atoms with E-state index in [4.69, 9.17) is 21.1 Å². The number of pyridine rings is 1. The number of aromatic nitrogens is 1. The van der Waals surface area contributed by atoms with Gasteiger partial charge in [0.15, 0.2) is 0 Å². The molecule has 26 heavy (non-hydrogen) atoms. The Balaban J connectivity index is 1.64. The van der Waals surface area contributed by atoms with Gasteiger partial charge in [-0.15, -0.1) is 0 Å². The van der Waals surface area contributed by atoms with E-state index in [0.29, 0.717) is 16.5 Å². The second kappa shape index (κ2) is 8.36. The topological polar surface area (TPSA) is 60.5 Å². The molecule has 5 nitrogen and oxygen atoms in total. The van der Waals surface area contributed by atoms with Gasteiger partial charge in [0.05, 0.1) is 12.8 Å². The van der Waals surface area contributed by atoms with Crippen LogP contribution in [0.1, 0.15) is 5.56 Å². The van der Waals surface area contributed by atoms with Crippen molar-refractivity contribution in [2.24, 2.45) is 0 Å². The third-order valence-corrected chi connectivity index (χ3v) is 3.93. The van der Waals surface area contributed by atoms with E-state index in [1.54, 1.807) is 30.6 Å². The molecule has 0 radical (unpaired) electrons. The molecule has 0 fully saturated rings. The first kappa shape index (κ1) is 17.8. The molecule has 3 rings (SSSR count). The Morgan fingerprint density at radius 2 is 1.96 bits per heavy atom. The van der Waals surface area contributed by atoms with Crippen LogP contribution in [-0.4, -0.2) is 18.2 Å². The number of amides is 1. The highest BCUT2D eigenvalue weighted by molar-refractivity contribution is 6.31. The molecule has 1 N–H and O–H groups in total. The van der Waals surface area contributed by atoms with Crippen molar-refractivity contribution >= 4 is 23.4 Å². The summed E-state index contributed by atoms with van der Waals surface area (Å²) in [7, 11) is 1.52. The van der Waals surface area contributed by atoms with E-state index in [-0.39, 0.29) is 6.61 Å². The first-order valence-electron chi connectivity index (χ1n) is 7.92. The molecular formula is C20H17ClN2O3. The molecular weight excluding hydrogens is 352 g/mol. The summed E-state index contributed by atoms with van der Waals surface area (Å²) in [5.74, 6) is 0.505. The van der Waals surface area contributed by atoms with Crippen molar-refractivity contribution in [1.82, 2.24) is 4.98 Å². The molecule has 1 amide bonds. The van der Waals surface area contributed by atoms with Crippen molar-refractivity contribution in [2.75, 3.05) is 12.4 Å². The maximum Gasteiger partial charge on any atom is 0.412 e. The summed E-state index contributed by atoms with van der Waals surface area (Å²) in [4.78, 5) is 16.2. The van der Waals surface area contributed by atoms with Gasteiger partial charge < -0.3 is 9.47 Å². The van der Waals surface area contributed by atoms with Gasteiger partial charge in [-0.25, -0.2) is 4.79 Å². The van der Waals surface area contributed by atoms with Gasteiger partial charge in [-0.3, -0.25) is 10.3 Å². The lowest BCUT2D eigenvalue weighted by atomic mass is 10.1. The van der Waals surface area contributed by atoms with E-state index in [1.165, 1.54) is 7.11 Å². The van der Waals surface area contributed by atoms with Crippen molar-refractivity contribution in [3.05, 3.63) is 77.6 Å². The van der Waals surface area contributed by atoms with E-state index < -0.39 is 6.09 Å². The third-order valence-electron chi connectivity index (χ3n) is 3.69. The summed E-state index contributed by atoms with van der Waals surface area (Å²) in [6.07, 6.45) is 2.93. The molecule has 0 atom stereocenters.